The van der Waals surface area contributed by atoms with E-state index in [1.807, 2.05) is 19.1 Å². The molecule has 1 aromatic carbocycles. The number of nitrogens with zero attached hydrogens (tertiary/aromatic N) is 1. The topological polar surface area (TPSA) is 47.0 Å². The van der Waals surface area contributed by atoms with Crippen molar-refractivity contribution in [3.63, 3.8) is 0 Å². The van der Waals surface area contributed by atoms with Crippen LogP contribution in [0.25, 0.3) is 0 Å². The molecule has 0 N–H and O–H groups in total. The van der Waals surface area contributed by atoms with Gasteiger partial charge in [0.15, 0.2) is 15.9 Å². The highest BCUT2D eigenvalue weighted by molar-refractivity contribution is 9.10. The predicted octanol–water partition coefficient (Wildman–Crippen LogP) is 3.31. The summed E-state index contributed by atoms with van der Waals surface area (Å²) in [5.74, 6) is -0.474. The number of carbonyl (C=O) groups excluding carboxylic acids is 2. The van der Waals surface area contributed by atoms with Gasteiger partial charge in [-0.3, -0.25) is 14.6 Å². The number of alkyl halides is 1. The molecule has 0 atom stereocenters. The van der Waals surface area contributed by atoms with Gasteiger partial charge in [-0.2, -0.15) is 0 Å². The predicted molar refractivity (Wildman–Crippen MR) is 79.3 cm³/mol. The van der Waals surface area contributed by atoms with Gasteiger partial charge >= 0.3 is 0 Å². The number of carbonyl (C=O) groups is 2. The Bertz CT molecular complexity index is 689. The van der Waals surface area contributed by atoms with Crippen molar-refractivity contribution >= 4 is 27.5 Å². The lowest BCUT2D eigenvalue weighted by molar-refractivity contribution is 0.0869. The Balaban J connectivity index is 2.19. The molecule has 100 valence electrons. The van der Waals surface area contributed by atoms with E-state index in [0.29, 0.717) is 16.8 Å². The zero-order valence-electron chi connectivity index (χ0n) is 10.9. The second kappa shape index (κ2) is 4.63. The average molecular weight is 330 g/mol. The van der Waals surface area contributed by atoms with Crippen LogP contribution in [0.15, 0.2) is 42.5 Å². The van der Waals surface area contributed by atoms with E-state index in [1.165, 1.54) is 0 Å². The van der Waals surface area contributed by atoms with Gasteiger partial charge in [-0.25, -0.2) is 0 Å². The molecule has 3 rings (SSSR count). The number of ketones is 2. The summed E-state index contributed by atoms with van der Waals surface area (Å²) >= 11 is 3.37. The van der Waals surface area contributed by atoms with Crippen molar-refractivity contribution in [1.29, 1.82) is 0 Å². The number of halogens is 1. The fourth-order valence-electron chi connectivity index (χ4n) is 2.45. The van der Waals surface area contributed by atoms with Gasteiger partial charge < -0.3 is 0 Å². The first-order valence-electron chi connectivity index (χ1n) is 6.43. The van der Waals surface area contributed by atoms with Crippen LogP contribution in [0.2, 0.25) is 0 Å². The van der Waals surface area contributed by atoms with E-state index in [4.69, 9.17) is 0 Å². The summed E-state index contributed by atoms with van der Waals surface area (Å²) in [6.45, 7) is 1.99. The third kappa shape index (κ3) is 1.68. The van der Waals surface area contributed by atoms with E-state index in [9.17, 15) is 9.59 Å². The zero-order valence-corrected chi connectivity index (χ0v) is 12.5. The molecule has 0 radical (unpaired) electrons. The summed E-state index contributed by atoms with van der Waals surface area (Å²) < 4.78 is -1.37. The van der Waals surface area contributed by atoms with Crippen LogP contribution in [0.3, 0.4) is 0 Å². The molecule has 0 amide bonds. The Labute approximate surface area is 125 Å². The number of aryl methyl sites for hydroxylation is 1. The number of fused-ring (bicyclic) bond motifs is 1. The minimum atomic E-state index is -1.37. The van der Waals surface area contributed by atoms with Gasteiger partial charge in [0.25, 0.3) is 0 Å². The molecule has 3 nitrogen and oxygen atoms in total. The van der Waals surface area contributed by atoms with Crippen molar-refractivity contribution in [3.8, 4) is 0 Å². The smallest absolute Gasteiger partial charge is 0.194 e. The maximum atomic E-state index is 12.6. The van der Waals surface area contributed by atoms with Crippen LogP contribution in [-0.4, -0.2) is 16.6 Å². The molecule has 0 bridgehead atoms. The molecule has 4 heteroatoms. The molecule has 0 spiro atoms. The van der Waals surface area contributed by atoms with Crippen molar-refractivity contribution in [2.24, 2.45) is 0 Å². The van der Waals surface area contributed by atoms with E-state index in [2.05, 4.69) is 20.9 Å². The standard InChI is InChI=1S/C16H12BrNO2/c1-2-10-6-5-9-13(18-10)16(17)14(19)11-7-3-4-8-12(11)15(16)20/h3-9H,2H2,1H3. The third-order valence-electron chi connectivity index (χ3n) is 3.56. The number of hydrogen-bond acceptors (Lipinski definition) is 3. The summed E-state index contributed by atoms with van der Waals surface area (Å²) in [6.07, 6.45) is 0.756. The lowest BCUT2D eigenvalue weighted by atomic mass is 9.98. The highest BCUT2D eigenvalue weighted by atomic mass is 79.9. The number of pyridine rings is 1. The van der Waals surface area contributed by atoms with Crippen LogP contribution in [0.1, 0.15) is 39.0 Å². The first-order valence-corrected chi connectivity index (χ1v) is 7.22. The van der Waals surface area contributed by atoms with Crippen LogP contribution in [0.4, 0.5) is 0 Å². The minimum absolute atomic E-state index is 0.237. The summed E-state index contributed by atoms with van der Waals surface area (Å²) in [5.41, 5.74) is 2.23. The second-order valence-electron chi connectivity index (χ2n) is 4.73. The first-order chi connectivity index (χ1) is 9.59. The molecular weight excluding hydrogens is 318 g/mol. The molecule has 1 aromatic heterocycles. The summed E-state index contributed by atoms with van der Waals surface area (Å²) in [4.78, 5) is 29.7. The van der Waals surface area contributed by atoms with Crippen LogP contribution < -0.4 is 0 Å². The van der Waals surface area contributed by atoms with Gasteiger partial charge in [-0.15, -0.1) is 0 Å². The highest BCUT2D eigenvalue weighted by Gasteiger charge is 2.53. The van der Waals surface area contributed by atoms with Crippen LogP contribution in [0.5, 0.6) is 0 Å². The SMILES string of the molecule is CCc1cccc(C2(Br)C(=O)c3ccccc3C2=O)n1. The van der Waals surface area contributed by atoms with Gasteiger partial charge in [-0.1, -0.05) is 53.2 Å². The fraction of sp³-hybridized carbons (Fsp3) is 0.188. The third-order valence-corrected chi connectivity index (χ3v) is 4.69. The molecule has 1 aliphatic rings. The molecule has 0 fully saturated rings. The Morgan fingerprint density at radius 2 is 1.60 bits per heavy atom. The van der Waals surface area contributed by atoms with Gasteiger partial charge in [0.1, 0.15) is 0 Å². The van der Waals surface area contributed by atoms with E-state index in [0.717, 1.165) is 12.1 Å². The maximum Gasteiger partial charge on any atom is 0.194 e. The zero-order chi connectivity index (χ0) is 14.3. The lowest BCUT2D eigenvalue weighted by Crippen LogP contribution is -2.32. The normalized spacial score (nSPS) is 16.3. The van der Waals surface area contributed by atoms with E-state index in [1.54, 1.807) is 30.3 Å². The Morgan fingerprint density at radius 3 is 2.15 bits per heavy atom. The molecule has 0 unspecified atom stereocenters. The number of rotatable bonds is 2. The molecule has 0 saturated heterocycles. The summed E-state index contributed by atoms with van der Waals surface area (Å²) in [6, 6.07) is 12.3. The van der Waals surface area contributed by atoms with Gasteiger partial charge in [0.05, 0.1) is 5.69 Å². The molecule has 20 heavy (non-hydrogen) atoms. The number of hydrogen-bond donors (Lipinski definition) is 0. The second-order valence-corrected chi connectivity index (χ2v) is 5.92. The van der Waals surface area contributed by atoms with Crippen molar-refractivity contribution in [3.05, 3.63) is 65.0 Å². The molecule has 0 aliphatic heterocycles. The average Bonchev–Trinajstić information content (AvgIpc) is 2.71. The van der Waals surface area contributed by atoms with E-state index < -0.39 is 4.32 Å². The van der Waals surface area contributed by atoms with Crippen LogP contribution in [-0.2, 0) is 10.7 Å². The monoisotopic (exact) mass is 329 g/mol. The van der Waals surface area contributed by atoms with Gasteiger partial charge in [-0.05, 0) is 18.6 Å². The number of aromatic nitrogens is 1. The van der Waals surface area contributed by atoms with Crippen LogP contribution in [0, 0.1) is 0 Å². The molecule has 2 aromatic rings. The molecule has 1 aliphatic carbocycles. The van der Waals surface area contributed by atoms with Gasteiger partial charge in [0.2, 0.25) is 0 Å². The summed E-state index contributed by atoms with van der Waals surface area (Å²) in [5, 5.41) is 0. The Kier molecular flexibility index (Phi) is 3.05. The first kappa shape index (κ1) is 13.2. The van der Waals surface area contributed by atoms with Crippen molar-refractivity contribution in [2.45, 2.75) is 17.7 Å². The van der Waals surface area contributed by atoms with Gasteiger partial charge in [0, 0.05) is 16.8 Å². The van der Waals surface area contributed by atoms with Crippen molar-refractivity contribution in [2.75, 3.05) is 0 Å². The highest BCUT2D eigenvalue weighted by Crippen LogP contribution is 2.43. The molecular formula is C16H12BrNO2. The maximum absolute atomic E-state index is 12.6. The summed E-state index contributed by atoms with van der Waals surface area (Å²) in [7, 11) is 0. The Hall–Kier alpha value is -1.81. The van der Waals surface area contributed by atoms with Crippen molar-refractivity contribution in [1.82, 2.24) is 4.98 Å². The van der Waals surface area contributed by atoms with Crippen LogP contribution >= 0.6 is 15.9 Å². The fourth-order valence-corrected chi connectivity index (χ4v) is 3.10. The van der Waals surface area contributed by atoms with E-state index >= 15 is 0 Å². The number of Topliss-reactive ketones (excluding diaryl/α,β-unsaturated/α-hetero) is 2. The quantitative estimate of drug-likeness (QED) is 0.627. The van der Waals surface area contributed by atoms with Crippen molar-refractivity contribution < 1.29 is 9.59 Å². The van der Waals surface area contributed by atoms with E-state index in [-0.39, 0.29) is 11.6 Å². The lowest BCUT2D eigenvalue weighted by Gasteiger charge is -2.18. The minimum Gasteiger partial charge on any atom is -0.292 e. The molecule has 1 heterocycles. The number of benzene rings is 1. The molecule has 0 saturated carbocycles. The largest absolute Gasteiger partial charge is 0.292 e. The Morgan fingerprint density at radius 1 is 1.00 bits per heavy atom.